The van der Waals surface area contributed by atoms with Crippen LogP contribution < -0.4 is 5.32 Å². The number of oxazole rings is 1. The van der Waals surface area contributed by atoms with Gasteiger partial charge < -0.3 is 19.4 Å². The fraction of sp³-hybridized carbons (Fsp3) is 0.222. The lowest BCUT2D eigenvalue weighted by atomic mass is 10.0. The number of carbonyl (C=O) groups excluding carboxylic acids is 2. The van der Waals surface area contributed by atoms with E-state index in [-0.39, 0.29) is 29.7 Å². The monoisotopic (exact) mass is 455 g/mol. The van der Waals surface area contributed by atoms with Crippen molar-refractivity contribution in [2.75, 3.05) is 18.4 Å². The van der Waals surface area contributed by atoms with Crippen LogP contribution in [0.25, 0.3) is 22.1 Å². The SMILES string of the molecule is C[C@@H]1CN(C(=O)c2ccc(NC(=O)c3ncoc3-c3ccc4ccccc4c3)cc2)C[C@H](C)O1. The molecule has 1 saturated heterocycles. The van der Waals surface area contributed by atoms with E-state index in [2.05, 4.69) is 10.3 Å². The molecule has 5 rings (SSSR count). The van der Waals surface area contributed by atoms with Gasteiger partial charge in [-0.25, -0.2) is 4.98 Å². The topological polar surface area (TPSA) is 84.7 Å². The number of ether oxygens (including phenoxy) is 1. The first kappa shape index (κ1) is 21.9. The highest BCUT2D eigenvalue weighted by Gasteiger charge is 2.26. The Labute approximate surface area is 197 Å². The largest absolute Gasteiger partial charge is 0.443 e. The number of hydrogen-bond acceptors (Lipinski definition) is 5. The normalized spacial score (nSPS) is 18.1. The van der Waals surface area contributed by atoms with Gasteiger partial charge in [0.2, 0.25) is 0 Å². The van der Waals surface area contributed by atoms with E-state index < -0.39 is 0 Å². The summed E-state index contributed by atoms with van der Waals surface area (Å²) < 4.78 is 11.3. The first-order chi connectivity index (χ1) is 16.5. The minimum Gasteiger partial charge on any atom is -0.443 e. The van der Waals surface area contributed by atoms with Gasteiger partial charge >= 0.3 is 0 Å². The van der Waals surface area contributed by atoms with Crippen molar-refractivity contribution in [1.29, 1.82) is 0 Å². The summed E-state index contributed by atoms with van der Waals surface area (Å²) in [5, 5.41) is 5.00. The highest BCUT2D eigenvalue weighted by atomic mass is 16.5. The second-order valence-electron chi connectivity index (χ2n) is 8.59. The Morgan fingerprint density at radius 3 is 2.38 bits per heavy atom. The van der Waals surface area contributed by atoms with Crippen molar-refractivity contribution in [2.45, 2.75) is 26.1 Å². The van der Waals surface area contributed by atoms with E-state index in [0.717, 1.165) is 16.3 Å². The van der Waals surface area contributed by atoms with Gasteiger partial charge in [-0.2, -0.15) is 0 Å². The molecule has 0 aliphatic carbocycles. The summed E-state index contributed by atoms with van der Waals surface area (Å²) in [6.45, 7) is 5.05. The van der Waals surface area contributed by atoms with Gasteiger partial charge in [-0.1, -0.05) is 36.4 Å². The fourth-order valence-electron chi connectivity index (χ4n) is 4.36. The van der Waals surface area contributed by atoms with Gasteiger partial charge in [-0.15, -0.1) is 0 Å². The van der Waals surface area contributed by atoms with Gasteiger partial charge in [-0.05, 0) is 55.0 Å². The molecular weight excluding hydrogens is 430 g/mol. The molecule has 0 bridgehead atoms. The predicted molar refractivity (Wildman–Crippen MR) is 130 cm³/mol. The third kappa shape index (κ3) is 4.43. The van der Waals surface area contributed by atoms with Crippen LogP contribution in [0.1, 0.15) is 34.7 Å². The molecule has 1 aliphatic rings. The highest BCUT2D eigenvalue weighted by Crippen LogP contribution is 2.27. The molecule has 2 heterocycles. The lowest BCUT2D eigenvalue weighted by Gasteiger charge is -2.35. The zero-order chi connectivity index (χ0) is 23.7. The van der Waals surface area contributed by atoms with Crippen molar-refractivity contribution >= 4 is 28.3 Å². The Morgan fingerprint density at radius 2 is 1.65 bits per heavy atom. The summed E-state index contributed by atoms with van der Waals surface area (Å²) in [5.74, 6) is -0.0209. The van der Waals surface area contributed by atoms with Crippen LogP contribution in [0.2, 0.25) is 0 Å². The Morgan fingerprint density at radius 1 is 0.941 bits per heavy atom. The van der Waals surface area contributed by atoms with Crippen LogP contribution in [-0.4, -0.2) is 47.0 Å². The van der Waals surface area contributed by atoms with E-state index in [0.29, 0.717) is 30.1 Å². The average molecular weight is 456 g/mol. The molecule has 1 aromatic heterocycles. The number of morpholine rings is 1. The molecule has 172 valence electrons. The van der Waals surface area contributed by atoms with Crippen LogP contribution in [0.4, 0.5) is 5.69 Å². The number of amides is 2. The summed E-state index contributed by atoms with van der Waals surface area (Å²) >= 11 is 0. The second-order valence-corrected chi connectivity index (χ2v) is 8.59. The summed E-state index contributed by atoms with van der Waals surface area (Å²) in [6.07, 6.45) is 1.28. The fourth-order valence-corrected chi connectivity index (χ4v) is 4.36. The van der Waals surface area contributed by atoms with Crippen molar-refractivity contribution in [3.63, 3.8) is 0 Å². The minimum absolute atomic E-state index is 0.00511. The maximum absolute atomic E-state index is 12.9. The number of fused-ring (bicyclic) bond motifs is 1. The number of benzene rings is 3. The smallest absolute Gasteiger partial charge is 0.278 e. The summed E-state index contributed by atoms with van der Waals surface area (Å²) in [5.41, 5.74) is 2.11. The quantitative estimate of drug-likeness (QED) is 0.468. The molecule has 7 heteroatoms. The summed E-state index contributed by atoms with van der Waals surface area (Å²) in [4.78, 5) is 31.8. The molecule has 0 saturated carbocycles. The van der Waals surface area contributed by atoms with Gasteiger partial charge in [0.1, 0.15) is 0 Å². The zero-order valence-corrected chi connectivity index (χ0v) is 19.0. The maximum Gasteiger partial charge on any atom is 0.278 e. The van der Waals surface area contributed by atoms with Crippen molar-refractivity contribution in [2.24, 2.45) is 0 Å². The van der Waals surface area contributed by atoms with Gasteiger partial charge in [0.25, 0.3) is 11.8 Å². The molecule has 4 aromatic rings. The van der Waals surface area contributed by atoms with E-state index in [1.165, 1.54) is 6.39 Å². The van der Waals surface area contributed by atoms with E-state index >= 15 is 0 Å². The molecule has 3 aromatic carbocycles. The Balaban J connectivity index is 1.31. The van der Waals surface area contributed by atoms with Crippen LogP contribution in [-0.2, 0) is 4.74 Å². The molecular formula is C27H25N3O4. The third-order valence-electron chi connectivity index (χ3n) is 5.89. The van der Waals surface area contributed by atoms with Crippen molar-refractivity contribution in [3.8, 4) is 11.3 Å². The Hall–Kier alpha value is -3.97. The van der Waals surface area contributed by atoms with Crippen LogP contribution in [0, 0.1) is 0 Å². The number of nitrogens with one attached hydrogen (secondary N) is 1. The van der Waals surface area contributed by atoms with Gasteiger partial charge in [0.05, 0.1) is 12.2 Å². The van der Waals surface area contributed by atoms with Crippen LogP contribution in [0.3, 0.4) is 0 Å². The van der Waals surface area contributed by atoms with E-state index in [4.69, 9.17) is 9.15 Å². The molecule has 1 N–H and O–H groups in total. The molecule has 0 spiro atoms. The molecule has 1 fully saturated rings. The minimum atomic E-state index is -0.383. The highest BCUT2D eigenvalue weighted by molar-refractivity contribution is 6.07. The zero-order valence-electron chi connectivity index (χ0n) is 19.0. The second kappa shape index (κ2) is 9.11. The predicted octanol–water partition coefficient (Wildman–Crippen LogP) is 5.00. The van der Waals surface area contributed by atoms with Crippen LogP contribution in [0.15, 0.2) is 77.5 Å². The third-order valence-corrected chi connectivity index (χ3v) is 5.89. The van der Waals surface area contributed by atoms with Gasteiger partial charge in [0, 0.05) is 29.9 Å². The lowest BCUT2D eigenvalue weighted by Crippen LogP contribution is -2.48. The van der Waals surface area contributed by atoms with E-state index in [1.54, 1.807) is 29.2 Å². The average Bonchev–Trinajstić information content (AvgIpc) is 3.33. The summed E-state index contributed by atoms with van der Waals surface area (Å²) in [7, 11) is 0. The molecule has 2 amide bonds. The summed E-state index contributed by atoms with van der Waals surface area (Å²) in [6, 6.07) is 20.7. The Kier molecular flexibility index (Phi) is 5.86. The number of nitrogens with zero attached hydrogens (tertiary/aromatic N) is 2. The number of rotatable bonds is 4. The number of hydrogen-bond donors (Lipinski definition) is 1. The molecule has 1 aliphatic heterocycles. The number of carbonyl (C=O) groups is 2. The first-order valence-electron chi connectivity index (χ1n) is 11.3. The van der Waals surface area contributed by atoms with Gasteiger partial charge in [0.15, 0.2) is 17.8 Å². The number of anilines is 1. The maximum atomic E-state index is 12.9. The van der Waals surface area contributed by atoms with Crippen molar-refractivity contribution in [1.82, 2.24) is 9.88 Å². The van der Waals surface area contributed by atoms with Crippen LogP contribution >= 0.6 is 0 Å². The Bertz CT molecular complexity index is 1340. The molecule has 0 radical (unpaired) electrons. The van der Waals surface area contributed by atoms with Crippen molar-refractivity contribution < 1.29 is 18.7 Å². The molecule has 34 heavy (non-hydrogen) atoms. The molecule has 0 unspecified atom stereocenters. The van der Waals surface area contributed by atoms with Crippen molar-refractivity contribution in [3.05, 3.63) is 84.4 Å². The van der Waals surface area contributed by atoms with E-state index in [1.807, 2.05) is 56.3 Å². The lowest BCUT2D eigenvalue weighted by molar-refractivity contribution is -0.0586. The number of aromatic nitrogens is 1. The molecule has 7 nitrogen and oxygen atoms in total. The standard InChI is InChI=1S/C27H25N3O4/c1-17-14-30(15-18(2)34-17)27(32)20-9-11-23(12-10-20)29-26(31)24-25(33-16-28-24)22-8-7-19-5-3-4-6-21(19)13-22/h3-13,16-18H,14-15H2,1-2H3,(H,29,31)/t17-,18+. The first-order valence-corrected chi connectivity index (χ1v) is 11.3. The van der Waals surface area contributed by atoms with Crippen LogP contribution in [0.5, 0.6) is 0 Å². The van der Waals surface area contributed by atoms with E-state index in [9.17, 15) is 9.59 Å². The van der Waals surface area contributed by atoms with Gasteiger partial charge in [-0.3, -0.25) is 9.59 Å². The molecule has 2 atom stereocenters.